The predicted octanol–water partition coefficient (Wildman–Crippen LogP) is 0.144. The van der Waals surface area contributed by atoms with E-state index in [0.717, 1.165) is 12.4 Å². The predicted molar refractivity (Wildman–Crippen MR) is 45.9 cm³/mol. The molecule has 0 aliphatic carbocycles. The largest absolute Gasteiger partial charge is 0.458 e. The molecule has 0 fully saturated rings. The first kappa shape index (κ1) is 10.3. The van der Waals surface area contributed by atoms with Crippen LogP contribution in [0.1, 0.15) is 6.92 Å². The van der Waals surface area contributed by atoms with Gasteiger partial charge in [0.2, 0.25) is 0 Å². The normalized spacial score (nSPS) is 12.1. The van der Waals surface area contributed by atoms with Gasteiger partial charge in [0.05, 0.1) is 11.5 Å². The number of aromatic nitrogens is 2. The van der Waals surface area contributed by atoms with Gasteiger partial charge in [-0.25, -0.2) is 0 Å². The van der Waals surface area contributed by atoms with Gasteiger partial charge in [-0.2, -0.15) is 9.97 Å². The van der Waals surface area contributed by atoms with Crippen molar-refractivity contribution in [3.05, 3.63) is 22.5 Å². The molecule has 14 heavy (non-hydrogen) atoms. The minimum Gasteiger partial charge on any atom is -0.458 e. The molecule has 0 aliphatic heterocycles. The molecular weight excluding hydrogens is 190 g/mol. The summed E-state index contributed by atoms with van der Waals surface area (Å²) in [5.74, 6) is 0. The Bertz CT molecular complexity index is 313. The topological polar surface area (TPSA) is 98.4 Å². The Balaban J connectivity index is 2.68. The lowest BCUT2D eigenvalue weighted by atomic mass is 10.4. The highest BCUT2D eigenvalue weighted by Crippen LogP contribution is 2.10. The van der Waals surface area contributed by atoms with Gasteiger partial charge in [-0.3, -0.25) is 10.1 Å². The summed E-state index contributed by atoms with van der Waals surface area (Å²) in [5, 5.41) is 18.9. The molecule has 7 nitrogen and oxygen atoms in total. The summed E-state index contributed by atoms with van der Waals surface area (Å²) in [5.41, 5.74) is -0.200. The molecule has 1 heterocycles. The molecule has 0 amide bonds. The molecule has 1 unspecified atom stereocenters. The van der Waals surface area contributed by atoms with E-state index in [2.05, 4.69) is 9.97 Å². The van der Waals surface area contributed by atoms with Crippen molar-refractivity contribution in [2.45, 2.75) is 13.0 Å². The first-order valence-corrected chi connectivity index (χ1v) is 3.87. The summed E-state index contributed by atoms with van der Waals surface area (Å²) in [4.78, 5) is 16.8. The fourth-order valence-electron chi connectivity index (χ4n) is 0.682. The molecule has 1 rings (SSSR count). The highest BCUT2D eigenvalue weighted by atomic mass is 16.6. The van der Waals surface area contributed by atoms with Gasteiger partial charge in [0.15, 0.2) is 0 Å². The number of aliphatic hydroxyl groups is 1. The maximum atomic E-state index is 10.2. The Morgan fingerprint density at radius 2 is 2.21 bits per heavy atom. The molecule has 0 radical (unpaired) electrons. The van der Waals surface area contributed by atoms with Crippen LogP contribution in [0.5, 0.6) is 6.01 Å². The van der Waals surface area contributed by atoms with Crippen molar-refractivity contribution in [2.24, 2.45) is 0 Å². The zero-order valence-corrected chi connectivity index (χ0v) is 7.45. The van der Waals surface area contributed by atoms with Crippen LogP contribution in [0.2, 0.25) is 0 Å². The van der Waals surface area contributed by atoms with Crippen molar-refractivity contribution >= 4 is 5.69 Å². The van der Waals surface area contributed by atoms with Crippen LogP contribution < -0.4 is 4.74 Å². The van der Waals surface area contributed by atoms with Gasteiger partial charge in [-0.1, -0.05) is 0 Å². The molecular formula is C7H9N3O4. The molecule has 7 heteroatoms. The van der Waals surface area contributed by atoms with Crippen molar-refractivity contribution in [1.29, 1.82) is 0 Å². The van der Waals surface area contributed by atoms with Crippen LogP contribution in [0.3, 0.4) is 0 Å². The molecule has 1 N–H and O–H groups in total. The van der Waals surface area contributed by atoms with E-state index >= 15 is 0 Å². The van der Waals surface area contributed by atoms with Crippen molar-refractivity contribution in [3.63, 3.8) is 0 Å². The Hall–Kier alpha value is -1.76. The first-order chi connectivity index (χ1) is 6.63. The van der Waals surface area contributed by atoms with E-state index in [-0.39, 0.29) is 18.3 Å². The molecule has 0 saturated carbocycles. The van der Waals surface area contributed by atoms with Crippen LogP contribution in [0, 0.1) is 10.1 Å². The van der Waals surface area contributed by atoms with E-state index in [1.54, 1.807) is 6.92 Å². The number of hydrogen-bond donors (Lipinski definition) is 1. The van der Waals surface area contributed by atoms with Gasteiger partial charge < -0.3 is 9.84 Å². The second-order valence-corrected chi connectivity index (χ2v) is 2.59. The van der Waals surface area contributed by atoms with Crippen molar-refractivity contribution in [3.8, 4) is 6.01 Å². The maximum Gasteiger partial charge on any atom is 0.317 e. The molecule has 0 saturated heterocycles. The molecule has 0 spiro atoms. The van der Waals surface area contributed by atoms with E-state index in [0.29, 0.717) is 0 Å². The summed E-state index contributed by atoms with van der Waals surface area (Å²) >= 11 is 0. The van der Waals surface area contributed by atoms with Crippen LogP contribution in [-0.2, 0) is 0 Å². The Morgan fingerprint density at radius 3 is 2.64 bits per heavy atom. The number of aliphatic hydroxyl groups excluding tert-OH is 1. The maximum absolute atomic E-state index is 10.2. The van der Waals surface area contributed by atoms with Crippen LogP contribution >= 0.6 is 0 Å². The van der Waals surface area contributed by atoms with Gasteiger partial charge in [-0.05, 0) is 6.92 Å². The summed E-state index contributed by atoms with van der Waals surface area (Å²) in [6.07, 6.45) is 1.66. The summed E-state index contributed by atoms with van der Waals surface area (Å²) in [7, 11) is 0. The Labute approximate surface area is 79.5 Å². The first-order valence-electron chi connectivity index (χ1n) is 3.87. The second kappa shape index (κ2) is 4.47. The molecule has 1 aromatic rings. The third-order valence-electron chi connectivity index (χ3n) is 1.39. The molecule has 0 aliphatic rings. The summed E-state index contributed by atoms with van der Waals surface area (Å²) < 4.78 is 5.00. The number of nitro groups is 1. The van der Waals surface area contributed by atoms with E-state index in [1.807, 2.05) is 0 Å². The summed E-state index contributed by atoms with van der Waals surface area (Å²) in [6, 6.07) is 0.0113. The Kier molecular flexibility index (Phi) is 3.29. The van der Waals surface area contributed by atoms with Gasteiger partial charge in [-0.15, -0.1) is 0 Å². The molecule has 76 valence electrons. The van der Waals surface area contributed by atoms with Crippen LogP contribution in [0.4, 0.5) is 5.69 Å². The highest BCUT2D eigenvalue weighted by Gasteiger charge is 2.09. The zero-order chi connectivity index (χ0) is 10.6. The number of ether oxygens (including phenoxy) is 1. The van der Waals surface area contributed by atoms with E-state index in [9.17, 15) is 10.1 Å². The van der Waals surface area contributed by atoms with Gasteiger partial charge in [0, 0.05) is 0 Å². The monoisotopic (exact) mass is 199 g/mol. The standard InChI is InChI=1S/C7H9N3O4/c1-5(4-11)14-7-8-2-6(3-9-7)10(12)13/h2-3,5,11H,4H2,1H3. The number of rotatable bonds is 4. The molecule has 1 atom stereocenters. The highest BCUT2D eigenvalue weighted by molar-refractivity contribution is 5.21. The smallest absolute Gasteiger partial charge is 0.317 e. The quantitative estimate of drug-likeness (QED) is 0.547. The minimum atomic E-state index is -0.598. The molecule has 0 bridgehead atoms. The van der Waals surface area contributed by atoms with Gasteiger partial charge >= 0.3 is 11.7 Å². The lowest BCUT2D eigenvalue weighted by Crippen LogP contribution is -2.17. The van der Waals surface area contributed by atoms with Crippen molar-refractivity contribution < 1.29 is 14.8 Å². The van der Waals surface area contributed by atoms with Crippen LogP contribution in [-0.4, -0.2) is 32.7 Å². The third kappa shape index (κ3) is 2.63. The average Bonchev–Trinajstić information content (AvgIpc) is 2.18. The molecule has 0 aromatic carbocycles. The Morgan fingerprint density at radius 1 is 1.64 bits per heavy atom. The van der Waals surface area contributed by atoms with E-state index in [1.165, 1.54) is 0 Å². The van der Waals surface area contributed by atoms with Crippen molar-refractivity contribution in [2.75, 3.05) is 6.61 Å². The summed E-state index contributed by atoms with van der Waals surface area (Å²) in [6.45, 7) is 1.46. The van der Waals surface area contributed by atoms with Crippen molar-refractivity contribution in [1.82, 2.24) is 9.97 Å². The van der Waals surface area contributed by atoms with Gasteiger partial charge in [0.1, 0.15) is 18.5 Å². The third-order valence-corrected chi connectivity index (χ3v) is 1.39. The van der Waals surface area contributed by atoms with Crippen LogP contribution in [0.15, 0.2) is 12.4 Å². The van der Waals surface area contributed by atoms with E-state index in [4.69, 9.17) is 9.84 Å². The van der Waals surface area contributed by atoms with Crippen LogP contribution in [0.25, 0.3) is 0 Å². The number of nitrogens with zero attached hydrogens (tertiary/aromatic N) is 3. The fourth-order valence-corrected chi connectivity index (χ4v) is 0.682. The fraction of sp³-hybridized carbons (Fsp3) is 0.429. The zero-order valence-electron chi connectivity index (χ0n) is 7.45. The lowest BCUT2D eigenvalue weighted by Gasteiger charge is -2.08. The minimum absolute atomic E-state index is 0.0113. The molecule has 1 aromatic heterocycles. The van der Waals surface area contributed by atoms with E-state index < -0.39 is 11.0 Å². The lowest BCUT2D eigenvalue weighted by molar-refractivity contribution is -0.385. The SMILES string of the molecule is CC(CO)Oc1ncc([N+](=O)[O-])cn1. The number of hydrogen-bond acceptors (Lipinski definition) is 6. The van der Waals surface area contributed by atoms with Gasteiger partial charge in [0.25, 0.3) is 0 Å². The average molecular weight is 199 g/mol. The second-order valence-electron chi connectivity index (χ2n) is 2.59.